The molecular formula is C27H24N2O5. The topological polar surface area (TPSA) is 77.1 Å². The second kappa shape index (κ2) is 9.31. The number of methoxy groups -OCH3 is 1. The summed E-state index contributed by atoms with van der Waals surface area (Å²) in [7, 11) is 1.58. The number of ether oxygens (including phenoxy) is 3. The SMILES string of the molecule is COc1ccc(C2=C(Nc3ccc4c(c3)OCCO4)C(=O)N(CCc3ccccc3)C2=O)cc1. The quantitative estimate of drug-likeness (QED) is 0.544. The lowest BCUT2D eigenvalue weighted by Gasteiger charge is -2.19. The fraction of sp³-hybridized carbons (Fsp3) is 0.185. The van der Waals surface area contributed by atoms with Gasteiger partial charge in [0.25, 0.3) is 11.8 Å². The van der Waals surface area contributed by atoms with Gasteiger partial charge in [-0.3, -0.25) is 14.5 Å². The lowest BCUT2D eigenvalue weighted by molar-refractivity contribution is -0.136. The molecule has 1 N–H and O–H groups in total. The van der Waals surface area contributed by atoms with Gasteiger partial charge >= 0.3 is 0 Å². The molecule has 7 heteroatoms. The second-order valence-electron chi connectivity index (χ2n) is 7.96. The number of benzene rings is 3. The zero-order chi connectivity index (χ0) is 23.5. The fourth-order valence-corrected chi connectivity index (χ4v) is 4.07. The average Bonchev–Trinajstić information content (AvgIpc) is 3.11. The standard InChI is InChI=1S/C27H24N2O5/c1-32-21-10-7-19(8-11-21)24-25(28-20-9-12-22-23(17-20)34-16-15-33-22)27(31)29(26(24)30)14-13-18-5-3-2-4-6-18/h2-12,17,28H,13-16H2,1H3. The third kappa shape index (κ3) is 4.20. The van der Waals surface area contributed by atoms with E-state index < -0.39 is 0 Å². The Kier molecular flexibility index (Phi) is 5.91. The minimum atomic E-state index is -0.360. The van der Waals surface area contributed by atoms with E-state index in [9.17, 15) is 9.59 Å². The summed E-state index contributed by atoms with van der Waals surface area (Å²) in [6, 6.07) is 22.3. The van der Waals surface area contributed by atoms with Crippen LogP contribution in [0.1, 0.15) is 11.1 Å². The Hall–Kier alpha value is -4.26. The van der Waals surface area contributed by atoms with Crippen LogP contribution in [0, 0.1) is 0 Å². The number of hydrogen-bond acceptors (Lipinski definition) is 6. The van der Waals surface area contributed by atoms with Crippen molar-refractivity contribution in [2.24, 2.45) is 0 Å². The van der Waals surface area contributed by atoms with Gasteiger partial charge in [-0.25, -0.2) is 0 Å². The van der Waals surface area contributed by atoms with E-state index in [0.717, 1.165) is 5.56 Å². The maximum atomic E-state index is 13.5. The number of hydrogen-bond donors (Lipinski definition) is 1. The molecule has 0 unspecified atom stereocenters. The number of fused-ring (bicyclic) bond motifs is 1. The molecule has 0 atom stereocenters. The first-order chi connectivity index (χ1) is 16.6. The largest absolute Gasteiger partial charge is 0.497 e. The van der Waals surface area contributed by atoms with Crippen LogP contribution in [0.5, 0.6) is 17.2 Å². The fourth-order valence-electron chi connectivity index (χ4n) is 4.07. The van der Waals surface area contributed by atoms with Crippen LogP contribution in [0.4, 0.5) is 5.69 Å². The maximum Gasteiger partial charge on any atom is 0.278 e. The van der Waals surface area contributed by atoms with E-state index in [1.807, 2.05) is 30.3 Å². The van der Waals surface area contributed by atoms with Crippen LogP contribution in [-0.4, -0.2) is 43.6 Å². The van der Waals surface area contributed by atoms with Gasteiger partial charge in [0.1, 0.15) is 24.7 Å². The summed E-state index contributed by atoms with van der Waals surface area (Å²) in [5, 5.41) is 3.18. The second-order valence-corrected chi connectivity index (χ2v) is 7.96. The van der Waals surface area contributed by atoms with Gasteiger partial charge in [-0.2, -0.15) is 0 Å². The summed E-state index contributed by atoms with van der Waals surface area (Å²) in [4.78, 5) is 28.2. The molecule has 2 amide bonds. The van der Waals surface area contributed by atoms with Crippen LogP contribution >= 0.6 is 0 Å². The first-order valence-corrected chi connectivity index (χ1v) is 11.1. The molecular weight excluding hydrogens is 432 g/mol. The average molecular weight is 456 g/mol. The number of nitrogens with zero attached hydrogens (tertiary/aromatic N) is 1. The van der Waals surface area contributed by atoms with Crippen molar-refractivity contribution in [3.05, 3.63) is 89.6 Å². The van der Waals surface area contributed by atoms with Gasteiger partial charge in [0.2, 0.25) is 0 Å². The van der Waals surface area contributed by atoms with Crippen LogP contribution in [-0.2, 0) is 16.0 Å². The maximum absolute atomic E-state index is 13.5. The summed E-state index contributed by atoms with van der Waals surface area (Å²) in [6.07, 6.45) is 0.575. The molecule has 0 radical (unpaired) electrons. The van der Waals surface area contributed by atoms with E-state index in [4.69, 9.17) is 14.2 Å². The summed E-state index contributed by atoms with van der Waals surface area (Å²) < 4.78 is 16.5. The van der Waals surface area contributed by atoms with Gasteiger partial charge in [0.15, 0.2) is 11.5 Å². The molecule has 5 rings (SSSR count). The van der Waals surface area contributed by atoms with E-state index in [1.54, 1.807) is 49.6 Å². The summed E-state index contributed by atoms with van der Waals surface area (Å²) in [5.41, 5.74) is 2.90. The van der Waals surface area contributed by atoms with E-state index in [0.29, 0.717) is 53.7 Å². The van der Waals surface area contributed by atoms with Crippen molar-refractivity contribution < 1.29 is 23.8 Å². The predicted molar refractivity (Wildman–Crippen MR) is 128 cm³/mol. The van der Waals surface area contributed by atoms with Crippen molar-refractivity contribution in [3.8, 4) is 17.2 Å². The van der Waals surface area contributed by atoms with Crippen molar-refractivity contribution in [2.75, 3.05) is 32.2 Å². The van der Waals surface area contributed by atoms with Gasteiger partial charge in [0.05, 0.1) is 12.7 Å². The number of anilines is 1. The van der Waals surface area contributed by atoms with Crippen molar-refractivity contribution in [2.45, 2.75) is 6.42 Å². The number of carbonyl (C=O) groups excluding carboxylic acids is 2. The Morgan fingerprint density at radius 3 is 2.35 bits per heavy atom. The predicted octanol–water partition coefficient (Wildman–Crippen LogP) is 3.90. The molecule has 2 aliphatic rings. The van der Waals surface area contributed by atoms with Gasteiger partial charge in [0, 0.05) is 18.3 Å². The van der Waals surface area contributed by atoms with E-state index in [-0.39, 0.29) is 24.1 Å². The Morgan fingerprint density at radius 1 is 0.882 bits per heavy atom. The minimum absolute atomic E-state index is 0.236. The highest BCUT2D eigenvalue weighted by molar-refractivity contribution is 6.36. The van der Waals surface area contributed by atoms with Crippen molar-refractivity contribution in [1.82, 2.24) is 4.90 Å². The van der Waals surface area contributed by atoms with Gasteiger partial charge in [-0.1, -0.05) is 42.5 Å². The molecule has 0 saturated heterocycles. The molecule has 0 spiro atoms. The highest BCUT2D eigenvalue weighted by Crippen LogP contribution is 2.36. The summed E-state index contributed by atoms with van der Waals surface area (Å²) >= 11 is 0. The van der Waals surface area contributed by atoms with Crippen LogP contribution in [0.15, 0.2) is 78.5 Å². The van der Waals surface area contributed by atoms with E-state index in [1.165, 1.54) is 4.90 Å². The third-order valence-corrected chi connectivity index (χ3v) is 5.83. The Bertz CT molecular complexity index is 1250. The number of nitrogens with one attached hydrogen (secondary N) is 1. The number of amides is 2. The van der Waals surface area contributed by atoms with E-state index >= 15 is 0 Å². The molecule has 3 aromatic carbocycles. The lowest BCUT2D eigenvalue weighted by atomic mass is 10.0. The third-order valence-electron chi connectivity index (χ3n) is 5.83. The van der Waals surface area contributed by atoms with Gasteiger partial charge < -0.3 is 19.5 Å². The van der Waals surface area contributed by atoms with Crippen LogP contribution in [0.25, 0.3) is 5.57 Å². The molecule has 0 fully saturated rings. The smallest absolute Gasteiger partial charge is 0.278 e. The normalized spacial score (nSPS) is 15.0. The Labute approximate surface area is 197 Å². The zero-order valence-electron chi connectivity index (χ0n) is 18.7. The molecule has 0 aliphatic carbocycles. The summed E-state index contributed by atoms with van der Waals surface area (Å²) in [5.74, 6) is 1.23. The molecule has 172 valence electrons. The van der Waals surface area contributed by atoms with Crippen molar-refractivity contribution >= 4 is 23.1 Å². The summed E-state index contributed by atoms with van der Waals surface area (Å²) in [6.45, 7) is 1.24. The van der Waals surface area contributed by atoms with Crippen molar-refractivity contribution in [3.63, 3.8) is 0 Å². The molecule has 3 aromatic rings. The monoisotopic (exact) mass is 456 g/mol. The Balaban J connectivity index is 1.47. The lowest BCUT2D eigenvalue weighted by Crippen LogP contribution is -2.34. The first-order valence-electron chi connectivity index (χ1n) is 11.1. The first kappa shape index (κ1) is 21.6. The minimum Gasteiger partial charge on any atom is -0.497 e. The van der Waals surface area contributed by atoms with Gasteiger partial charge in [-0.05, 0) is 41.8 Å². The molecule has 2 heterocycles. The number of imide groups is 1. The molecule has 34 heavy (non-hydrogen) atoms. The zero-order valence-corrected chi connectivity index (χ0v) is 18.7. The molecule has 7 nitrogen and oxygen atoms in total. The van der Waals surface area contributed by atoms with Crippen LogP contribution in [0.3, 0.4) is 0 Å². The van der Waals surface area contributed by atoms with Crippen LogP contribution in [0.2, 0.25) is 0 Å². The molecule has 0 saturated carbocycles. The highest BCUT2D eigenvalue weighted by atomic mass is 16.6. The van der Waals surface area contributed by atoms with E-state index in [2.05, 4.69) is 5.32 Å². The van der Waals surface area contributed by atoms with Crippen LogP contribution < -0.4 is 19.5 Å². The van der Waals surface area contributed by atoms with Crippen molar-refractivity contribution in [1.29, 1.82) is 0 Å². The highest BCUT2D eigenvalue weighted by Gasteiger charge is 2.39. The molecule has 0 bridgehead atoms. The molecule has 2 aliphatic heterocycles. The number of carbonyl (C=O) groups is 2. The Morgan fingerprint density at radius 2 is 1.62 bits per heavy atom. The molecule has 0 aromatic heterocycles. The van der Waals surface area contributed by atoms with Gasteiger partial charge in [-0.15, -0.1) is 0 Å². The number of rotatable bonds is 7.